The standard InChI is InChI=1S/C32H31Cl2N3O4S/c1-23-28(34)14-9-15-29(23)37(42(40,41)27-12-7-4-8-13-27)22-31(38)36(21-25-16-18-26(33)19-17-25)30(32(39)35-2)20-24-10-5-3-6-11-24/h3-19,30H,20-22H2,1-2H3,(H,35,39). The van der Waals surface area contributed by atoms with Gasteiger partial charge in [0.25, 0.3) is 10.0 Å². The van der Waals surface area contributed by atoms with E-state index in [4.69, 9.17) is 23.2 Å². The van der Waals surface area contributed by atoms with Gasteiger partial charge in [-0.3, -0.25) is 13.9 Å². The molecule has 0 heterocycles. The number of nitrogens with zero attached hydrogens (tertiary/aromatic N) is 2. The number of hydrogen-bond acceptors (Lipinski definition) is 4. The maximum Gasteiger partial charge on any atom is 0.264 e. The van der Waals surface area contributed by atoms with Gasteiger partial charge in [-0.2, -0.15) is 0 Å². The van der Waals surface area contributed by atoms with Crippen molar-refractivity contribution in [2.75, 3.05) is 17.9 Å². The van der Waals surface area contributed by atoms with Crippen LogP contribution in [0.4, 0.5) is 5.69 Å². The molecule has 7 nitrogen and oxygen atoms in total. The van der Waals surface area contributed by atoms with Crippen LogP contribution in [0.25, 0.3) is 0 Å². The van der Waals surface area contributed by atoms with Crippen molar-refractivity contribution in [2.24, 2.45) is 0 Å². The summed E-state index contributed by atoms with van der Waals surface area (Å²) < 4.78 is 29.1. The number of benzene rings is 4. The van der Waals surface area contributed by atoms with E-state index in [1.165, 1.54) is 24.1 Å². The van der Waals surface area contributed by atoms with E-state index >= 15 is 0 Å². The molecule has 0 aromatic heterocycles. The molecule has 0 bridgehead atoms. The number of hydrogen-bond donors (Lipinski definition) is 1. The number of nitrogens with one attached hydrogen (secondary N) is 1. The second kappa shape index (κ2) is 13.9. The summed E-state index contributed by atoms with van der Waals surface area (Å²) in [6.45, 7) is 1.19. The third kappa shape index (κ3) is 7.31. The van der Waals surface area contributed by atoms with E-state index in [-0.39, 0.29) is 29.5 Å². The van der Waals surface area contributed by atoms with Crippen LogP contribution in [0, 0.1) is 6.92 Å². The molecule has 2 amide bonds. The topological polar surface area (TPSA) is 86.8 Å². The lowest BCUT2D eigenvalue weighted by molar-refractivity contribution is -0.139. The lowest BCUT2D eigenvalue weighted by Gasteiger charge is -2.34. The van der Waals surface area contributed by atoms with Crippen LogP contribution in [0.2, 0.25) is 10.0 Å². The predicted octanol–water partition coefficient (Wildman–Crippen LogP) is 5.88. The van der Waals surface area contributed by atoms with E-state index in [1.807, 2.05) is 30.3 Å². The van der Waals surface area contributed by atoms with Crippen molar-refractivity contribution >= 4 is 50.7 Å². The van der Waals surface area contributed by atoms with Gasteiger partial charge in [0, 0.05) is 30.1 Å². The van der Waals surface area contributed by atoms with Gasteiger partial charge < -0.3 is 10.2 Å². The van der Waals surface area contributed by atoms with Crippen LogP contribution >= 0.6 is 23.2 Å². The lowest BCUT2D eigenvalue weighted by Crippen LogP contribution is -2.53. The molecule has 0 saturated carbocycles. The fourth-order valence-electron chi connectivity index (χ4n) is 4.61. The lowest BCUT2D eigenvalue weighted by atomic mass is 10.0. The normalized spacial score (nSPS) is 11.9. The first-order valence-electron chi connectivity index (χ1n) is 13.2. The fourth-order valence-corrected chi connectivity index (χ4v) is 6.39. The minimum atomic E-state index is -4.20. The molecule has 4 aromatic rings. The van der Waals surface area contributed by atoms with Gasteiger partial charge in [0.15, 0.2) is 0 Å². The van der Waals surface area contributed by atoms with E-state index in [1.54, 1.807) is 67.6 Å². The summed E-state index contributed by atoms with van der Waals surface area (Å²) in [6.07, 6.45) is 0.224. The first-order valence-corrected chi connectivity index (χ1v) is 15.4. The molecule has 0 fully saturated rings. The van der Waals surface area contributed by atoms with Gasteiger partial charge in [-0.1, -0.05) is 89.9 Å². The zero-order valence-electron chi connectivity index (χ0n) is 23.2. The summed E-state index contributed by atoms with van der Waals surface area (Å²) in [4.78, 5) is 29.1. The second-order valence-corrected chi connectivity index (χ2v) is 12.4. The monoisotopic (exact) mass is 623 g/mol. The number of carbonyl (C=O) groups is 2. The fraction of sp³-hybridized carbons (Fsp3) is 0.188. The second-order valence-electron chi connectivity index (χ2n) is 9.68. The smallest absolute Gasteiger partial charge is 0.264 e. The first kappa shape index (κ1) is 31.1. The van der Waals surface area contributed by atoms with Crippen LogP contribution in [0.1, 0.15) is 16.7 Å². The summed E-state index contributed by atoms with van der Waals surface area (Å²) in [7, 11) is -2.69. The van der Waals surface area contributed by atoms with Crippen molar-refractivity contribution in [2.45, 2.75) is 30.8 Å². The molecule has 1 unspecified atom stereocenters. The molecule has 1 atom stereocenters. The van der Waals surface area contributed by atoms with Crippen molar-refractivity contribution in [3.63, 3.8) is 0 Å². The summed E-state index contributed by atoms with van der Waals surface area (Å²) in [5.41, 5.74) is 2.35. The molecule has 0 aliphatic rings. The minimum absolute atomic E-state index is 0.0218. The Morgan fingerprint density at radius 3 is 2.05 bits per heavy atom. The minimum Gasteiger partial charge on any atom is -0.357 e. The Bertz CT molecular complexity index is 1630. The molecule has 0 radical (unpaired) electrons. The van der Waals surface area contributed by atoms with E-state index in [2.05, 4.69) is 5.32 Å². The van der Waals surface area contributed by atoms with E-state index in [9.17, 15) is 18.0 Å². The van der Waals surface area contributed by atoms with Crippen LogP contribution in [-0.2, 0) is 32.6 Å². The van der Waals surface area contributed by atoms with Gasteiger partial charge in [0.05, 0.1) is 10.6 Å². The molecule has 218 valence electrons. The van der Waals surface area contributed by atoms with Crippen molar-refractivity contribution < 1.29 is 18.0 Å². The quantitative estimate of drug-likeness (QED) is 0.226. The van der Waals surface area contributed by atoms with Crippen LogP contribution in [0.5, 0.6) is 0 Å². The number of sulfonamides is 1. The van der Waals surface area contributed by atoms with Crippen LogP contribution in [0.3, 0.4) is 0 Å². The van der Waals surface area contributed by atoms with Crippen molar-refractivity contribution in [3.05, 3.63) is 130 Å². The molecule has 0 aliphatic carbocycles. The average molecular weight is 625 g/mol. The largest absolute Gasteiger partial charge is 0.357 e. The van der Waals surface area contributed by atoms with Gasteiger partial charge in [-0.15, -0.1) is 0 Å². The molecule has 1 N–H and O–H groups in total. The van der Waals surface area contributed by atoms with Crippen LogP contribution in [-0.4, -0.2) is 44.8 Å². The zero-order chi connectivity index (χ0) is 30.3. The summed E-state index contributed by atoms with van der Waals surface area (Å²) in [5, 5.41) is 3.56. The number of halogens is 2. The highest BCUT2D eigenvalue weighted by Crippen LogP contribution is 2.31. The number of rotatable bonds is 11. The Kier molecular flexibility index (Phi) is 10.3. The van der Waals surface area contributed by atoms with Gasteiger partial charge in [-0.05, 0) is 60.0 Å². The van der Waals surface area contributed by atoms with E-state index in [0.717, 1.165) is 15.4 Å². The molecular weight excluding hydrogens is 593 g/mol. The van der Waals surface area contributed by atoms with E-state index < -0.39 is 28.5 Å². The molecule has 42 heavy (non-hydrogen) atoms. The number of anilines is 1. The molecule has 4 aromatic carbocycles. The van der Waals surface area contributed by atoms with Crippen molar-refractivity contribution in [3.8, 4) is 0 Å². The highest BCUT2D eigenvalue weighted by molar-refractivity contribution is 7.92. The number of carbonyl (C=O) groups excluding carboxylic acids is 2. The van der Waals surface area contributed by atoms with Gasteiger partial charge in [0.2, 0.25) is 11.8 Å². The van der Waals surface area contributed by atoms with Gasteiger partial charge in [0.1, 0.15) is 12.6 Å². The molecule has 0 saturated heterocycles. The van der Waals surface area contributed by atoms with Crippen LogP contribution in [0.15, 0.2) is 108 Å². The number of amides is 2. The maximum absolute atomic E-state index is 14.3. The summed E-state index contributed by atoms with van der Waals surface area (Å²) in [5.74, 6) is -0.939. The summed E-state index contributed by atoms with van der Waals surface area (Å²) in [6, 6.07) is 28.2. The SMILES string of the molecule is CNC(=O)C(Cc1ccccc1)N(Cc1ccc(Cl)cc1)C(=O)CN(c1cccc(Cl)c1C)S(=O)(=O)c1ccccc1. The Hall–Kier alpha value is -3.85. The van der Waals surface area contributed by atoms with E-state index in [0.29, 0.717) is 15.6 Å². The van der Waals surface area contributed by atoms with Gasteiger partial charge in [-0.25, -0.2) is 8.42 Å². The highest BCUT2D eigenvalue weighted by atomic mass is 35.5. The predicted molar refractivity (Wildman–Crippen MR) is 167 cm³/mol. The third-order valence-electron chi connectivity index (χ3n) is 6.90. The molecule has 4 rings (SSSR count). The van der Waals surface area contributed by atoms with Crippen LogP contribution < -0.4 is 9.62 Å². The molecular formula is C32H31Cl2N3O4S. The average Bonchev–Trinajstić information content (AvgIpc) is 3.00. The van der Waals surface area contributed by atoms with Gasteiger partial charge >= 0.3 is 0 Å². The highest BCUT2D eigenvalue weighted by Gasteiger charge is 2.35. The Morgan fingerprint density at radius 1 is 0.810 bits per heavy atom. The Balaban J connectivity index is 1.81. The number of likely N-dealkylation sites (N-methyl/N-ethyl adjacent to an activating group) is 1. The zero-order valence-corrected chi connectivity index (χ0v) is 25.5. The van der Waals surface area contributed by atoms with Crippen molar-refractivity contribution in [1.82, 2.24) is 10.2 Å². The Labute approximate surface area is 256 Å². The Morgan fingerprint density at radius 2 is 1.43 bits per heavy atom. The first-order chi connectivity index (χ1) is 20.1. The molecule has 0 aliphatic heterocycles. The third-order valence-corrected chi connectivity index (χ3v) is 9.34. The maximum atomic E-state index is 14.3. The van der Waals surface area contributed by atoms with Crippen molar-refractivity contribution in [1.29, 1.82) is 0 Å². The molecule has 10 heteroatoms. The summed E-state index contributed by atoms with van der Waals surface area (Å²) >= 11 is 12.5. The molecule has 0 spiro atoms.